The highest BCUT2D eigenvalue weighted by molar-refractivity contribution is 5.98. The molecule has 62 heavy (non-hydrogen) atoms. The molecule has 9 rings (SSSR count). The van der Waals surface area contributed by atoms with E-state index in [0.717, 1.165) is 111 Å². The number of nitrogens with zero attached hydrogens (tertiary/aromatic N) is 2. The third-order valence-electron chi connectivity index (χ3n) is 13.4. The Bertz CT molecular complexity index is 2290. The molecule has 4 aliphatic rings. The Morgan fingerprint density at radius 1 is 0.403 bits per heavy atom. The van der Waals surface area contributed by atoms with E-state index in [0.29, 0.717) is 45.3 Å². The fourth-order valence-corrected chi connectivity index (χ4v) is 10.2. The summed E-state index contributed by atoms with van der Waals surface area (Å²) >= 11 is 0. The van der Waals surface area contributed by atoms with Crippen LogP contribution >= 0.6 is 0 Å². The number of hydrogen-bond acceptors (Lipinski definition) is 8. The van der Waals surface area contributed by atoms with Gasteiger partial charge in [-0.15, -0.1) is 0 Å². The first-order valence-electron chi connectivity index (χ1n) is 23.4. The van der Waals surface area contributed by atoms with Crippen LogP contribution in [-0.4, -0.2) is 38.1 Å². The Hall–Kier alpha value is -5.76. The summed E-state index contributed by atoms with van der Waals surface area (Å²) in [4.78, 5) is 33.0. The quantitative estimate of drug-likeness (QED) is 0.0638. The number of unbranched alkanes of at least 4 members (excludes halogenated alkanes) is 8. The zero-order chi connectivity index (χ0) is 42.8. The molecule has 322 valence electrons. The summed E-state index contributed by atoms with van der Waals surface area (Å²) in [6.07, 6.45) is 13.7. The van der Waals surface area contributed by atoms with Crippen LogP contribution in [0.1, 0.15) is 159 Å². The number of fused-ring (bicyclic) bond motifs is 12. The third-order valence-corrected chi connectivity index (χ3v) is 13.4. The highest BCUT2D eigenvalue weighted by atomic mass is 16.6. The topological polar surface area (TPSA) is 77.5 Å². The van der Waals surface area contributed by atoms with Crippen molar-refractivity contribution in [3.63, 3.8) is 0 Å². The lowest BCUT2D eigenvalue weighted by molar-refractivity contribution is 0.0208. The Kier molecular flexibility index (Phi) is 11.8. The van der Waals surface area contributed by atoms with Gasteiger partial charge in [-0.25, -0.2) is 9.59 Å². The summed E-state index contributed by atoms with van der Waals surface area (Å²) in [5.41, 5.74) is 4.83. The van der Waals surface area contributed by atoms with Gasteiger partial charge in [-0.1, -0.05) is 115 Å². The molecule has 0 aromatic heterocycles. The summed E-state index contributed by atoms with van der Waals surface area (Å²) in [7, 11) is 0. The van der Waals surface area contributed by atoms with Crippen molar-refractivity contribution in [1.29, 1.82) is 0 Å². The number of carbonyl (C=O) groups is 2. The second kappa shape index (κ2) is 17.5. The van der Waals surface area contributed by atoms with Crippen LogP contribution in [0, 0.1) is 0 Å². The van der Waals surface area contributed by atoms with E-state index in [1.54, 1.807) is 0 Å². The fourth-order valence-electron chi connectivity index (χ4n) is 10.2. The molecule has 0 N–H and O–H groups in total. The van der Waals surface area contributed by atoms with Crippen molar-refractivity contribution in [1.82, 2.24) is 0 Å². The molecule has 0 aliphatic carbocycles. The van der Waals surface area contributed by atoms with Crippen LogP contribution in [0.3, 0.4) is 0 Å². The summed E-state index contributed by atoms with van der Waals surface area (Å²) in [6, 6.07) is 31.9. The number of ether oxygens (including phenoxy) is 4. The fraction of sp³-hybridized carbons (Fsp3) is 0.407. The van der Waals surface area contributed by atoms with Gasteiger partial charge < -0.3 is 28.7 Å². The van der Waals surface area contributed by atoms with Gasteiger partial charge in [-0.3, -0.25) is 0 Å². The zero-order valence-electron chi connectivity index (χ0n) is 36.9. The first-order chi connectivity index (χ1) is 30.4. The van der Waals surface area contributed by atoms with E-state index in [2.05, 4.69) is 73.9 Å². The molecule has 4 heterocycles. The molecule has 2 unspecified atom stereocenters. The third kappa shape index (κ3) is 7.00. The Labute approximate surface area is 367 Å². The molecule has 0 saturated heterocycles. The van der Waals surface area contributed by atoms with Gasteiger partial charge in [0.1, 0.15) is 23.0 Å². The molecule has 8 heteroatoms. The van der Waals surface area contributed by atoms with Crippen LogP contribution in [0.2, 0.25) is 0 Å². The van der Waals surface area contributed by atoms with Gasteiger partial charge in [0.15, 0.2) is 11.2 Å². The first kappa shape index (κ1) is 41.6. The molecular weight excluding hydrogens is 773 g/mol. The van der Waals surface area contributed by atoms with Gasteiger partial charge in [0.25, 0.3) is 0 Å². The molecule has 4 aliphatic heterocycles. The summed E-state index contributed by atoms with van der Waals surface area (Å²) < 4.78 is 27.4. The van der Waals surface area contributed by atoms with Crippen molar-refractivity contribution in [3.05, 3.63) is 142 Å². The Morgan fingerprint density at radius 2 is 0.774 bits per heavy atom. The number of rotatable bonds is 18. The average Bonchev–Trinajstić information content (AvgIpc) is 3.75. The van der Waals surface area contributed by atoms with Gasteiger partial charge in [-0.05, 0) is 68.1 Å². The molecule has 8 nitrogen and oxygen atoms in total. The number of esters is 2. The first-order valence-corrected chi connectivity index (χ1v) is 23.4. The monoisotopic (exact) mass is 832 g/mol. The lowest BCUT2D eigenvalue weighted by Crippen LogP contribution is -2.37. The van der Waals surface area contributed by atoms with Crippen LogP contribution in [0.5, 0.6) is 23.0 Å². The maximum Gasteiger partial charge on any atom is 0.340 e. The predicted molar refractivity (Wildman–Crippen MR) is 245 cm³/mol. The number of anilines is 2. The van der Waals surface area contributed by atoms with E-state index in [1.807, 2.05) is 60.7 Å². The van der Waals surface area contributed by atoms with Crippen molar-refractivity contribution in [2.75, 3.05) is 36.0 Å². The van der Waals surface area contributed by atoms with Crippen LogP contribution < -0.4 is 19.3 Å². The van der Waals surface area contributed by atoms with E-state index in [9.17, 15) is 9.59 Å². The van der Waals surface area contributed by atoms with E-state index in [4.69, 9.17) is 18.9 Å². The maximum atomic E-state index is 14.0. The van der Waals surface area contributed by atoms with Gasteiger partial charge in [0.05, 0.1) is 11.1 Å². The predicted octanol–water partition coefficient (Wildman–Crippen LogP) is 13.2. The van der Waals surface area contributed by atoms with Crippen molar-refractivity contribution < 1.29 is 28.5 Å². The summed E-state index contributed by atoms with van der Waals surface area (Å²) in [6.45, 7) is 12.8. The molecule has 0 bridgehead atoms. The smallest absolute Gasteiger partial charge is 0.340 e. The maximum absolute atomic E-state index is 14.0. The lowest BCUT2D eigenvalue weighted by atomic mass is 9.73. The second-order valence-corrected chi connectivity index (χ2v) is 17.4. The minimum Gasteiger partial charge on any atom is -0.456 e. The summed E-state index contributed by atoms with van der Waals surface area (Å²) in [5.74, 6) is 1.52. The van der Waals surface area contributed by atoms with Crippen molar-refractivity contribution in [3.8, 4) is 23.0 Å². The Balaban J connectivity index is 1.22. The number of carbonyl (C=O) groups excluding carboxylic acids is 2. The molecular formula is C54H60N2O6. The van der Waals surface area contributed by atoms with Crippen molar-refractivity contribution in [2.24, 2.45) is 0 Å². The highest BCUT2D eigenvalue weighted by Gasteiger charge is 2.58. The van der Waals surface area contributed by atoms with Gasteiger partial charge in [0, 0.05) is 89.1 Å². The van der Waals surface area contributed by atoms with E-state index in [-0.39, 0.29) is 0 Å². The van der Waals surface area contributed by atoms with Crippen molar-refractivity contribution >= 4 is 23.3 Å². The van der Waals surface area contributed by atoms with Gasteiger partial charge in [0.2, 0.25) is 0 Å². The molecule has 5 aromatic carbocycles. The second-order valence-electron chi connectivity index (χ2n) is 17.4. The largest absolute Gasteiger partial charge is 0.456 e. The van der Waals surface area contributed by atoms with Crippen LogP contribution in [-0.2, 0) is 20.7 Å². The molecule has 0 radical (unpaired) electrons. The van der Waals surface area contributed by atoms with Crippen LogP contribution in [0.25, 0.3) is 0 Å². The number of hydrogen-bond donors (Lipinski definition) is 0. The highest BCUT2D eigenvalue weighted by Crippen LogP contribution is 2.62. The van der Waals surface area contributed by atoms with E-state index >= 15 is 0 Å². The minimum absolute atomic E-state index is 0.397. The Morgan fingerprint density at radius 3 is 1.16 bits per heavy atom. The molecule has 0 amide bonds. The van der Waals surface area contributed by atoms with Gasteiger partial charge in [-0.2, -0.15) is 0 Å². The SMILES string of the molecule is CCCCCN(CCCCC)c1ccc2c(c1)Oc1cc3c(cc1C21OC(=O)c2ccccc21)C1(OC(=O)c2ccccc21)c1ccc(N(CCCCC)CCCCC)cc1O3. The molecule has 0 saturated carbocycles. The average molecular weight is 833 g/mol. The number of benzene rings is 5. The molecule has 2 spiro atoms. The normalized spacial score (nSPS) is 18.5. The van der Waals surface area contributed by atoms with Crippen molar-refractivity contribution in [2.45, 2.75) is 116 Å². The van der Waals surface area contributed by atoms with Crippen LogP contribution in [0.4, 0.5) is 11.4 Å². The standard InChI is InChI=1S/C54H60N2O6/c1-5-9-17-29-55(30-18-10-6-2)37-25-27-43-47(33-37)59-49-36-50-46(35-45(49)53(43)41-23-15-13-21-39(41)51(57)61-53)54(42-24-16-14-22-40(42)52(58)62-54)44-28-26-38(34-48(44)60-50)56(31-19-11-7-3)32-20-12-8-4/h13-16,21-28,33-36H,5-12,17-20,29-32H2,1-4H3. The zero-order valence-corrected chi connectivity index (χ0v) is 36.9. The summed E-state index contributed by atoms with van der Waals surface area (Å²) in [5, 5.41) is 0. The van der Waals surface area contributed by atoms with Gasteiger partial charge >= 0.3 is 11.9 Å². The van der Waals surface area contributed by atoms with Crippen LogP contribution in [0.15, 0.2) is 97.1 Å². The molecule has 2 atom stereocenters. The lowest BCUT2D eigenvalue weighted by Gasteiger charge is -2.41. The molecule has 0 fully saturated rings. The van der Waals surface area contributed by atoms with E-state index in [1.165, 1.54) is 25.7 Å². The van der Waals surface area contributed by atoms with E-state index < -0.39 is 23.1 Å². The minimum atomic E-state index is -1.33. The molecule has 5 aromatic rings.